The molecule has 1 N–H and O–H groups in total. The van der Waals surface area contributed by atoms with Crippen LogP contribution < -0.4 is 10.2 Å². The van der Waals surface area contributed by atoms with E-state index < -0.39 is 0 Å². The Balaban J connectivity index is 1.85. The largest absolute Gasteiger partial charge is 0.315 e. The molecule has 1 heterocycles. The summed E-state index contributed by atoms with van der Waals surface area (Å²) in [4.78, 5) is 13.6. The molecule has 1 aromatic carbocycles. The number of hydrogen-bond donors (Lipinski definition) is 1. The van der Waals surface area contributed by atoms with Crippen LogP contribution in [-0.2, 0) is 11.2 Å². The molecule has 3 heteroatoms. The van der Waals surface area contributed by atoms with Crippen molar-refractivity contribution in [2.45, 2.75) is 45.6 Å². The Kier molecular flexibility index (Phi) is 4.03. The van der Waals surface area contributed by atoms with Crippen molar-refractivity contribution in [3.63, 3.8) is 0 Å². The van der Waals surface area contributed by atoms with Crippen molar-refractivity contribution in [2.24, 2.45) is 11.8 Å². The number of anilines is 1. The van der Waals surface area contributed by atoms with Crippen LogP contribution in [0.4, 0.5) is 5.69 Å². The summed E-state index contributed by atoms with van der Waals surface area (Å²) in [5, 5.41) is 3.72. The van der Waals surface area contributed by atoms with Gasteiger partial charge in [0.25, 0.3) is 0 Å². The van der Waals surface area contributed by atoms with E-state index >= 15 is 0 Å². The first-order valence-corrected chi connectivity index (χ1v) is 8.24. The van der Waals surface area contributed by atoms with E-state index in [1.807, 2.05) is 7.05 Å². The lowest BCUT2D eigenvalue weighted by Crippen LogP contribution is -2.28. The van der Waals surface area contributed by atoms with Crippen molar-refractivity contribution < 1.29 is 4.79 Å². The van der Waals surface area contributed by atoms with Crippen molar-refractivity contribution in [1.82, 2.24) is 5.32 Å². The van der Waals surface area contributed by atoms with Crippen LogP contribution in [0, 0.1) is 11.8 Å². The van der Waals surface area contributed by atoms with Crippen molar-refractivity contribution in [3.05, 3.63) is 29.3 Å². The first-order valence-electron chi connectivity index (χ1n) is 8.24. The molecule has 0 radical (unpaired) electrons. The zero-order valence-corrected chi connectivity index (χ0v) is 13.4. The fourth-order valence-corrected chi connectivity index (χ4v) is 3.48. The molecule has 21 heavy (non-hydrogen) atoms. The molecule has 3 rings (SSSR count). The predicted molar refractivity (Wildman–Crippen MR) is 86.5 cm³/mol. The first kappa shape index (κ1) is 14.6. The second-order valence-corrected chi connectivity index (χ2v) is 6.65. The Morgan fingerprint density at radius 3 is 2.81 bits per heavy atom. The third kappa shape index (κ3) is 2.84. The SMILES string of the molecule is CCCNC(c1ccc2c(c1)CC(=O)N2C)C(C)C1CC1. The maximum atomic E-state index is 11.8. The van der Waals surface area contributed by atoms with Gasteiger partial charge < -0.3 is 10.2 Å². The molecule has 1 saturated carbocycles. The highest BCUT2D eigenvalue weighted by molar-refractivity contribution is 6.00. The number of hydrogen-bond acceptors (Lipinski definition) is 2. The zero-order valence-electron chi connectivity index (χ0n) is 13.4. The minimum absolute atomic E-state index is 0.204. The molecule has 0 saturated heterocycles. The van der Waals surface area contributed by atoms with Gasteiger partial charge in [0.15, 0.2) is 0 Å². The van der Waals surface area contributed by atoms with E-state index in [0.29, 0.717) is 18.4 Å². The van der Waals surface area contributed by atoms with Crippen molar-refractivity contribution in [3.8, 4) is 0 Å². The van der Waals surface area contributed by atoms with Crippen LogP contribution in [0.15, 0.2) is 18.2 Å². The summed E-state index contributed by atoms with van der Waals surface area (Å²) >= 11 is 0. The number of carbonyl (C=O) groups is 1. The summed E-state index contributed by atoms with van der Waals surface area (Å²) in [5.74, 6) is 1.75. The summed E-state index contributed by atoms with van der Waals surface area (Å²) in [6.07, 6.45) is 4.45. The van der Waals surface area contributed by atoms with Gasteiger partial charge in [-0.2, -0.15) is 0 Å². The highest BCUT2D eigenvalue weighted by Gasteiger charge is 2.34. The Morgan fingerprint density at radius 2 is 2.14 bits per heavy atom. The second kappa shape index (κ2) is 5.80. The lowest BCUT2D eigenvalue weighted by molar-refractivity contribution is -0.117. The van der Waals surface area contributed by atoms with Crippen LogP contribution in [0.5, 0.6) is 0 Å². The molecule has 3 nitrogen and oxygen atoms in total. The Labute approximate surface area is 127 Å². The van der Waals surface area contributed by atoms with Crippen LogP contribution >= 0.6 is 0 Å². The van der Waals surface area contributed by atoms with Gasteiger partial charge >= 0.3 is 0 Å². The van der Waals surface area contributed by atoms with Gasteiger partial charge in [0.05, 0.1) is 6.42 Å². The van der Waals surface area contributed by atoms with E-state index in [1.165, 1.54) is 24.0 Å². The minimum Gasteiger partial charge on any atom is -0.315 e. The van der Waals surface area contributed by atoms with Gasteiger partial charge in [0.2, 0.25) is 5.91 Å². The summed E-state index contributed by atoms with van der Waals surface area (Å²) < 4.78 is 0. The molecule has 1 fully saturated rings. The molecule has 2 unspecified atom stereocenters. The summed E-state index contributed by atoms with van der Waals surface area (Å²) in [5.41, 5.74) is 3.62. The van der Waals surface area contributed by atoms with Crippen molar-refractivity contribution in [1.29, 1.82) is 0 Å². The Bertz CT molecular complexity index is 536. The standard InChI is InChI=1S/C18H26N2O/c1-4-9-19-18(12(2)13-5-6-13)14-7-8-16-15(10-14)11-17(21)20(16)3/h7-8,10,12-13,18-19H,4-6,9,11H2,1-3H3. The maximum Gasteiger partial charge on any atom is 0.231 e. The molecule has 114 valence electrons. The third-order valence-corrected chi connectivity index (χ3v) is 5.05. The molecule has 0 aromatic heterocycles. The van der Waals surface area contributed by atoms with E-state index in [4.69, 9.17) is 0 Å². The highest BCUT2D eigenvalue weighted by atomic mass is 16.2. The van der Waals surface area contributed by atoms with Gasteiger partial charge in [-0.25, -0.2) is 0 Å². The van der Waals surface area contributed by atoms with Gasteiger partial charge in [-0.05, 0) is 54.8 Å². The summed E-state index contributed by atoms with van der Waals surface area (Å²) in [6, 6.07) is 7.00. The van der Waals surface area contributed by atoms with Crippen LogP contribution in [0.25, 0.3) is 0 Å². The monoisotopic (exact) mass is 286 g/mol. The maximum absolute atomic E-state index is 11.8. The van der Waals surface area contributed by atoms with E-state index in [9.17, 15) is 4.79 Å². The van der Waals surface area contributed by atoms with Gasteiger partial charge in [-0.3, -0.25) is 4.79 Å². The number of benzene rings is 1. The number of carbonyl (C=O) groups excluding carboxylic acids is 1. The average Bonchev–Trinajstić information content (AvgIpc) is 3.27. The minimum atomic E-state index is 0.204. The van der Waals surface area contributed by atoms with Crippen LogP contribution in [0.1, 0.15) is 50.3 Å². The normalized spacial score (nSPS) is 20.5. The third-order valence-electron chi connectivity index (χ3n) is 5.05. The van der Waals surface area contributed by atoms with Gasteiger partial charge in [0, 0.05) is 18.8 Å². The highest BCUT2D eigenvalue weighted by Crippen LogP contribution is 2.43. The van der Waals surface area contributed by atoms with E-state index in [0.717, 1.165) is 24.6 Å². The molecular formula is C18H26N2O. The van der Waals surface area contributed by atoms with Gasteiger partial charge in [0.1, 0.15) is 0 Å². The molecule has 2 aliphatic rings. The number of amides is 1. The Hall–Kier alpha value is -1.35. The predicted octanol–water partition coefficient (Wildman–Crippen LogP) is 3.29. The second-order valence-electron chi connectivity index (χ2n) is 6.65. The topological polar surface area (TPSA) is 32.3 Å². The molecule has 1 aliphatic heterocycles. The molecule has 0 bridgehead atoms. The molecule has 1 amide bonds. The number of rotatable bonds is 6. The van der Waals surface area contributed by atoms with Gasteiger partial charge in [-0.1, -0.05) is 26.0 Å². The van der Waals surface area contributed by atoms with E-state index in [-0.39, 0.29) is 5.91 Å². The van der Waals surface area contributed by atoms with Crippen LogP contribution in [0.2, 0.25) is 0 Å². The van der Waals surface area contributed by atoms with Gasteiger partial charge in [-0.15, -0.1) is 0 Å². The van der Waals surface area contributed by atoms with Crippen LogP contribution in [0.3, 0.4) is 0 Å². The number of nitrogens with zero attached hydrogens (tertiary/aromatic N) is 1. The number of nitrogens with one attached hydrogen (secondary N) is 1. The quantitative estimate of drug-likeness (QED) is 0.870. The first-order chi connectivity index (χ1) is 10.1. The van der Waals surface area contributed by atoms with Crippen LogP contribution in [-0.4, -0.2) is 19.5 Å². The lowest BCUT2D eigenvalue weighted by Gasteiger charge is -2.26. The fourth-order valence-electron chi connectivity index (χ4n) is 3.48. The molecule has 1 aliphatic carbocycles. The fraction of sp³-hybridized carbons (Fsp3) is 0.611. The molecule has 0 spiro atoms. The van der Waals surface area contributed by atoms with E-state index in [2.05, 4.69) is 37.4 Å². The lowest BCUT2D eigenvalue weighted by atomic mass is 9.89. The number of likely N-dealkylation sites (N-methyl/N-ethyl adjacent to an activating group) is 1. The summed E-state index contributed by atoms with van der Waals surface area (Å²) in [7, 11) is 1.87. The Morgan fingerprint density at radius 1 is 1.38 bits per heavy atom. The number of fused-ring (bicyclic) bond motifs is 1. The zero-order chi connectivity index (χ0) is 15.0. The smallest absolute Gasteiger partial charge is 0.231 e. The summed E-state index contributed by atoms with van der Waals surface area (Å²) in [6.45, 7) is 5.63. The van der Waals surface area contributed by atoms with Crippen molar-refractivity contribution in [2.75, 3.05) is 18.5 Å². The molecular weight excluding hydrogens is 260 g/mol. The van der Waals surface area contributed by atoms with E-state index in [1.54, 1.807) is 4.90 Å². The molecule has 2 atom stereocenters. The molecule has 1 aromatic rings. The van der Waals surface area contributed by atoms with Crippen molar-refractivity contribution >= 4 is 11.6 Å². The average molecular weight is 286 g/mol.